The van der Waals surface area contributed by atoms with E-state index in [9.17, 15) is 10.2 Å². The van der Waals surface area contributed by atoms with Crippen molar-refractivity contribution in [3.05, 3.63) is 23.8 Å². The molecule has 1 aromatic rings. The predicted octanol–water partition coefficient (Wildman–Crippen LogP) is 0.888. The highest BCUT2D eigenvalue weighted by atomic mass is 16.3. The number of nitrogens with zero attached hydrogens (tertiary/aromatic N) is 2. The van der Waals surface area contributed by atoms with Crippen LogP contribution in [0.25, 0.3) is 0 Å². The molecule has 0 radical (unpaired) electrons. The molecule has 1 saturated heterocycles. The maximum absolute atomic E-state index is 9.40. The van der Waals surface area contributed by atoms with E-state index in [0.29, 0.717) is 0 Å². The van der Waals surface area contributed by atoms with Gasteiger partial charge in [-0.1, -0.05) is 6.07 Å². The second-order valence-electron chi connectivity index (χ2n) is 4.72. The summed E-state index contributed by atoms with van der Waals surface area (Å²) >= 11 is 0. The number of aromatic hydroxyl groups is 2. The Bertz CT molecular complexity index is 374. The third-order valence-corrected chi connectivity index (χ3v) is 3.35. The maximum atomic E-state index is 9.40. The lowest BCUT2D eigenvalue weighted by atomic mass is 10.1. The average molecular weight is 236 g/mol. The van der Waals surface area contributed by atoms with Gasteiger partial charge in [0.2, 0.25) is 0 Å². The van der Waals surface area contributed by atoms with E-state index in [1.54, 1.807) is 12.1 Å². The summed E-state index contributed by atoms with van der Waals surface area (Å²) in [6.45, 7) is 5.49. The van der Waals surface area contributed by atoms with Gasteiger partial charge in [0.1, 0.15) is 0 Å². The zero-order valence-corrected chi connectivity index (χ0v) is 10.3. The topological polar surface area (TPSA) is 46.9 Å². The van der Waals surface area contributed by atoms with Crippen LogP contribution >= 0.6 is 0 Å². The van der Waals surface area contributed by atoms with Gasteiger partial charge in [0, 0.05) is 32.7 Å². The summed E-state index contributed by atoms with van der Waals surface area (Å²) in [6, 6.07) is 5.06. The Kier molecular flexibility index (Phi) is 3.86. The largest absolute Gasteiger partial charge is 0.504 e. The third-order valence-electron chi connectivity index (χ3n) is 3.35. The molecule has 1 fully saturated rings. The third kappa shape index (κ3) is 3.35. The molecule has 0 amide bonds. The molecule has 17 heavy (non-hydrogen) atoms. The highest BCUT2D eigenvalue weighted by Gasteiger charge is 2.13. The van der Waals surface area contributed by atoms with Crippen molar-refractivity contribution in [1.29, 1.82) is 0 Å². The van der Waals surface area contributed by atoms with E-state index in [-0.39, 0.29) is 11.5 Å². The fraction of sp³-hybridized carbons (Fsp3) is 0.538. The van der Waals surface area contributed by atoms with Gasteiger partial charge < -0.3 is 20.0 Å². The van der Waals surface area contributed by atoms with Crippen LogP contribution in [0.5, 0.6) is 11.5 Å². The molecule has 1 heterocycles. The zero-order valence-electron chi connectivity index (χ0n) is 10.3. The molecule has 94 valence electrons. The first-order valence-electron chi connectivity index (χ1n) is 6.07. The van der Waals surface area contributed by atoms with E-state index in [0.717, 1.165) is 44.7 Å². The first-order chi connectivity index (χ1) is 8.15. The lowest BCUT2D eigenvalue weighted by Gasteiger charge is -2.32. The van der Waals surface area contributed by atoms with E-state index < -0.39 is 0 Å². The van der Waals surface area contributed by atoms with Gasteiger partial charge in [-0.2, -0.15) is 0 Å². The summed E-state index contributed by atoms with van der Waals surface area (Å²) in [5.74, 6) is -0.0748. The van der Waals surface area contributed by atoms with Crippen LogP contribution in [0.4, 0.5) is 0 Å². The summed E-state index contributed by atoms with van der Waals surface area (Å²) in [7, 11) is 2.15. The fourth-order valence-corrected chi connectivity index (χ4v) is 2.08. The molecule has 4 heteroatoms. The van der Waals surface area contributed by atoms with Crippen LogP contribution in [-0.4, -0.2) is 59.8 Å². The van der Waals surface area contributed by atoms with Gasteiger partial charge in [0.15, 0.2) is 11.5 Å². The van der Waals surface area contributed by atoms with E-state index >= 15 is 0 Å². The van der Waals surface area contributed by atoms with Gasteiger partial charge in [-0.05, 0) is 31.2 Å². The Labute approximate surface area is 102 Å². The van der Waals surface area contributed by atoms with Crippen molar-refractivity contribution in [3.63, 3.8) is 0 Å². The van der Waals surface area contributed by atoms with E-state index in [1.165, 1.54) is 0 Å². The van der Waals surface area contributed by atoms with E-state index in [4.69, 9.17) is 0 Å². The molecule has 1 aliphatic heterocycles. The Balaban J connectivity index is 1.83. The summed E-state index contributed by atoms with van der Waals surface area (Å²) in [4.78, 5) is 4.77. The smallest absolute Gasteiger partial charge is 0.157 e. The van der Waals surface area contributed by atoms with Gasteiger partial charge >= 0.3 is 0 Å². The lowest BCUT2D eigenvalue weighted by molar-refractivity contribution is 0.155. The number of hydrogen-bond donors (Lipinski definition) is 2. The number of phenols is 2. The summed E-state index contributed by atoms with van der Waals surface area (Å²) < 4.78 is 0. The fourth-order valence-electron chi connectivity index (χ4n) is 2.08. The lowest BCUT2D eigenvalue weighted by Crippen LogP contribution is -2.45. The Morgan fingerprint density at radius 1 is 1.06 bits per heavy atom. The second kappa shape index (κ2) is 5.38. The van der Waals surface area contributed by atoms with Crippen molar-refractivity contribution < 1.29 is 10.2 Å². The summed E-state index contributed by atoms with van der Waals surface area (Å²) in [6.07, 6.45) is 0.914. The Morgan fingerprint density at radius 3 is 2.41 bits per heavy atom. The maximum Gasteiger partial charge on any atom is 0.157 e. The second-order valence-corrected chi connectivity index (χ2v) is 4.72. The van der Waals surface area contributed by atoms with Gasteiger partial charge in [0.25, 0.3) is 0 Å². The molecular formula is C13H20N2O2. The van der Waals surface area contributed by atoms with Gasteiger partial charge in [0.05, 0.1) is 0 Å². The number of rotatable bonds is 3. The highest BCUT2D eigenvalue weighted by molar-refractivity contribution is 5.40. The van der Waals surface area contributed by atoms with Crippen LogP contribution in [0.2, 0.25) is 0 Å². The van der Waals surface area contributed by atoms with Crippen LogP contribution in [0, 0.1) is 0 Å². The summed E-state index contributed by atoms with van der Waals surface area (Å²) in [5.41, 5.74) is 1.07. The average Bonchev–Trinajstić information content (AvgIpc) is 2.33. The zero-order chi connectivity index (χ0) is 12.3. The van der Waals surface area contributed by atoms with Crippen molar-refractivity contribution in [2.24, 2.45) is 0 Å². The quantitative estimate of drug-likeness (QED) is 0.765. The first kappa shape index (κ1) is 12.2. The van der Waals surface area contributed by atoms with Crippen LogP contribution in [-0.2, 0) is 6.42 Å². The van der Waals surface area contributed by atoms with Crippen LogP contribution in [0.15, 0.2) is 18.2 Å². The minimum absolute atomic E-state index is 0.0270. The molecule has 0 bridgehead atoms. The molecule has 1 aliphatic rings. The van der Waals surface area contributed by atoms with Crippen molar-refractivity contribution in [2.45, 2.75) is 6.42 Å². The van der Waals surface area contributed by atoms with Crippen molar-refractivity contribution >= 4 is 0 Å². The molecule has 1 aromatic carbocycles. The Morgan fingerprint density at radius 2 is 1.76 bits per heavy atom. The van der Waals surface area contributed by atoms with E-state index in [2.05, 4.69) is 16.8 Å². The minimum atomic E-state index is -0.0478. The minimum Gasteiger partial charge on any atom is -0.504 e. The van der Waals surface area contributed by atoms with Crippen LogP contribution < -0.4 is 0 Å². The molecule has 4 nitrogen and oxygen atoms in total. The molecule has 0 unspecified atom stereocenters. The SMILES string of the molecule is CN1CCN(CCc2ccc(O)c(O)c2)CC1. The van der Waals surface area contributed by atoms with Crippen molar-refractivity contribution in [2.75, 3.05) is 39.8 Å². The van der Waals surface area contributed by atoms with Crippen molar-refractivity contribution in [1.82, 2.24) is 9.80 Å². The number of phenolic OH excluding ortho intramolecular Hbond substituents is 2. The van der Waals surface area contributed by atoms with Crippen molar-refractivity contribution in [3.8, 4) is 11.5 Å². The Hall–Kier alpha value is -1.26. The first-order valence-corrected chi connectivity index (χ1v) is 6.07. The van der Waals surface area contributed by atoms with Crippen LogP contribution in [0.3, 0.4) is 0 Å². The van der Waals surface area contributed by atoms with Gasteiger partial charge in [-0.15, -0.1) is 0 Å². The molecule has 0 aliphatic carbocycles. The van der Waals surface area contributed by atoms with E-state index in [1.807, 2.05) is 6.07 Å². The monoisotopic (exact) mass is 236 g/mol. The number of benzene rings is 1. The van der Waals surface area contributed by atoms with Gasteiger partial charge in [-0.25, -0.2) is 0 Å². The molecule has 0 spiro atoms. The predicted molar refractivity (Wildman–Crippen MR) is 67.4 cm³/mol. The van der Waals surface area contributed by atoms with Crippen LogP contribution in [0.1, 0.15) is 5.56 Å². The molecule has 0 saturated carbocycles. The van der Waals surface area contributed by atoms with Gasteiger partial charge in [-0.3, -0.25) is 0 Å². The molecule has 2 rings (SSSR count). The molecular weight excluding hydrogens is 216 g/mol. The molecule has 2 N–H and O–H groups in total. The standard InChI is InChI=1S/C13H20N2O2/c1-14-6-8-15(9-7-14)5-4-11-2-3-12(16)13(17)10-11/h2-3,10,16-17H,4-9H2,1H3. The number of piperazine rings is 1. The molecule has 0 atom stereocenters. The summed E-state index contributed by atoms with van der Waals surface area (Å²) in [5, 5.41) is 18.6. The highest BCUT2D eigenvalue weighted by Crippen LogP contribution is 2.25. The normalized spacial score (nSPS) is 18.4. The number of likely N-dealkylation sites (N-methyl/N-ethyl adjacent to an activating group) is 1. The number of hydrogen-bond acceptors (Lipinski definition) is 4. The molecule has 0 aromatic heterocycles.